The topological polar surface area (TPSA) is 0 Å². The van der Waals surface area contributed by atoms with E-state index in [-0.39, 0.29) is 10.1 Å². The first-order valence-corrected chi connectivity index (χ1v) is 7.73. The lowest BCUT2D eigenvalue weighted by Gasteiger charge is -2.44. The van der Waals surface area contributed by atoms with E-state index in [1.54, 1.807) is 0 Å². The highest BCUT2D eigenvalue weighted by molar-refractivity contribution is 6.90. The molecule has 0 amide bonds. The molecule has 2 heteroatoms. The van der Waals surface area contributed by atoms with E-state index in [1.165, 1.54) is 0 Å². The van der Waals surface area contributed by atoms with E-state index in [0.29, 0.717) is 0 Å². The summed E-state index contributed by atoms with van der Waals surface area (Å²) in [7, 11) is -3.03. The summed E-state index contributed by atoms with van der Waals surface area (Å²) in [6.45, 7) is 12.2. The molecule has 0 saturated heterocycles. The molecule has 1 aromatic carbocycles. The predicted molar refractivity (Wildman–Crippen MR) is 72.4 cm³/mol. The highest BCUT2D eigenvalue weighted by Gasteiger charge is 2.56. The van der Waals surface area contributed by atoms with Crippen LogP contribution in [0.2, 0.25) is 10.1 Å². The maximum absolute atomic E-state index is 15.7. The van der Waals surface area contributed by atoms with Crippen LogP contribution in [0, 0.1) is 0 Å². The zero-order valence-electron chi connectivity index (χ0n) is 11.3. The van der Waals surface area contributed by atoms with Crippen LogP contribution in [0.25, 0.3) is 0 Å². The average molecular weight is 237 g/mol. The largest absolute Gasteiger partial charge is 0.307 e. The lowest BCUT2D eigenvalue weighted by atomic mass is 10.2. The van der Waals surface area contributed by atoms with Crippen molar-refractivity contribution in [1.82, 2.24) is 0 Å². The quantitative estimate of drug-likeness (QED) is 0.501. The zero-order valence-corrected chi connectivity index (χ0v) is 12.3. The lowest BCUT2D eigenvalue weighted by Crippen LogP contribution is -2.57. The molecule has 0 aliphatic rings. The zero-order chi connectivity index (χ0) is 12.6. The van der Waals surface area contributed by atoms with Crippen LogP contribution in [0.3, 0.4) is 0 Å². The van der Waals surface area contributed by atoms with Crippen LogP contribution in [0.1, 0.15) is 41.5 Å². The van der Waals surface area contributed by atoms with Crippen molar-refractivity contribution < 1.29 is 4.11 Å². The number of rotatable bonds is 1. The van der Waals surface area contributed by atoms with Gasteiger partial charge >= 0.3 is 0 Å². The standard InChI is InChI=1S/C14H23FSi/c1-13(2,3)16(15,14(4,5)6)12-10-8-7-9-11-12/h7-11H,1-6H3/i15-1. The lowest BCUT2D eigenvalue weighted by molar-refractivity contribution is 0.535. The molecule has 0 aliphatic carbocycles. The third-order valence-electron chi connectivity index (χ3n) is 3.24. The number of halogens is 1. The molecule has 0 aliphatic heterocycles. The fourth-order valence-corrected chi connectivity index (χ4v) is 7.29. The molecule has 1 aromatic rings. The van der Waals surface area contributed by atoms with E-state index in [2.05, 4.69) is 0 Å². The normalized spacial score (nSPS) is 13.9. The molecule has 0 bridgehead atoms. The Labute approximate surface area is 100 Å². The first-order chi connectivity index (χ1) is 7.11. The van der Waals surface area contributed by atoms with Gasteiger partial charge in [0.15, 0.2) is 0 Å². The number of hydrogen-bond donors (Lipinski definition) is 0. The van der Waals surface area contributed by atoms with Gasteiger partial charge in [-0.15, -0.1) is 0 Å². The van der Waals surface area contributed by atoms with Crippen molar-refractivity contribution in [3.05, 3.63) is 30.3 Å². The highest BCUT2D eigenvalue weighted by Crippen LogP contribution is 2.51. The second-order valence-electron chi connectivity index (χ2n) is 6.52. The van der Waals surface area contributed by atoms with E-state index in [4.69, 9.17) is 0 Å². The SMILES string of the molecule is CC(C)(C)[Si]([18F])(c1ccccc1)C(C)(C)C. The molecule has 0 unspecified atom stereocenters. The van der Waals surface area contributed by atoms with Crippen molar-refractivity contribution in [2.24, 2.45) is 0 Å². The molecule has 16 heavy (non-hydrogen) atoms. The Morgan fingerprint density at radius 3 is 1.50 bits per heavy atom. The van der Waals surface area contributed by atoms with Gasteiger partial charge in [-0.2, -0.15) is 0 Å². The van der Waals surface area contributed by atoms with Gasteiger partial charge in [0.05, 0.1) is 0 Å². The van der Waals surface area contributed by atoms with E-state index in [9.17, 15) is 0 Å². The van der Waals surface area contributed by atoms with Gasteiger partial charge in [-0.05, 0) is 15.3 Å². The summed E-state index contributed by atoms with van der Waals surface area (Å²) in [6.07, 6.45) is 0. The molecule has 0 spiro atoms. The van der Waals surface area contributed by atoms with E-state index >= 15 is 4.11 Å². The van der Waals surface area contributed by atoms with E-state index < -0.39 is 8.41 Å². The van der Waals surface area contributed by atoms with Gasteiger partial charge in [0.1, 0.15) is 0 Å². The summed E-state index contributed by atoms with van der Waals surface area (Å²) >= 11 is 0. The molecular weight excluding hydrogens is 214 g/mol. The van der Waals surface area contributed by atoms with Crippen molar-refractivity contribution in [2.45, 2.75) is 51.6 Å². The summed E-state index contributed by atoms with van der Waals surface area (Å²) in [5, 5.41) is 0.342. The Morgan fingerprint density at radius 2 is 1.19 bits per heavy atom. The van der Waals surface area contributed by atoms with Gasteiger partial charge in [0.25, 0.3) is 8.41 Å². The summed E-state index contributed by atoms with van der Waals surface area (Å²) in [5.41, 5.74) is 0. The molecule has 0 radical (unpaired) electrons. The fraction of sp³-hybridized carbons (Fsp3) is 0.571. The second kappa shape index (κ2) is 3.99. The Morgan fingerprint density at radius 1 is 0.812 bits per heavy atom. The average Bonchev–Trinajstić information content (AvgIpc) is 2.14. The molecular formula is C14H23FSi. The molecule has 0 fully saturated rings. The van der Waals surface area contributed by atoms with Crippen LogP contribution in [-0.2, 0) is 0 Å². The Hall–Kier alpha value is -0.633. The first-order valence-electron chi connectivity index (χ1n) is 5.85. The summed E-state index contributed by atoms with van der Waals surface area (Å²) in [4.78, 5) is 0. The third kappa shape index (κ3) is 2.08. The van der Waals surface area contributed by atoms with Crippen LogP contribution in [-0.4, -0.2) is 8.41 Å². The molecule has 0 aromatic heterocycles. The van der Waals surface area contributed by atoms with Crippen molar-refractivity contribution in [3.63, 3.8) is 0 Å². The molecule has 0 nitrogen and oxygen atoms in total. The van der Waals surface area contributed by atoms with Crippen molar-refractivity contribution in [3.8, 4) is 0 Å². The molecule has 90 valence electrons. The Kier molecular flexibility index (Phi) is 3.35. The van der Waals surface area contributed by atoms with Gasteiger partial charge in [-0.1, -0.05) is 71.9 Å². The minimum Gasteiger partial charge on any atom is -0.307 e. The third-order valence-corrected chi connectivity index (χ3v) is 8.50. The number of benzene rings is 1. The Bertz CT molecular complexity index is 329. The maximum Gasteiger partial charge on any atom is 0.288 e. The van der Waals surface area contributed by atoms with Crippen LogP contribution >= 0.6 is 0 Å². The van der Waals surface area contributed by atoms with Crippen LogP contribution < -0.4 is 5.19 Å². The first kappa shape index (κ1) is 13.4. The fourth-order valence-electron chi connectivity index (χ4n) is 2.66. The van der Waals surface area contributed by atoms with Crippen LogP contribution in [0.5, 0.6) is 0 Å². The van der Waals surface area contributed by atoms with Crippen molar-refractivity contribution in [1.29, 1.82) is 0 Å². The van der Waals surface area contributed by atoms with Crippen LogP contribution in [0.15, 0.2) is 30.3 Å². The van der Waals surface area contributed by atoms with Crippen molar-refractivity contribution in [2.75, 3.05) is 0 Å². The minimum absolute atomic E-state index is 0.285. The summed E-state index contributed by atoms with van der Waals surface area (Å²) in [5.74, 6) is 0. The highest BCUT2D eigenvalue weighted by atomic mass is 28.4. The monoisotopic (exact) mass is 237 g/mol. The molecule has 0 heterocycles. The Balaban J connectivity index is 3.39. The minimum atomic E-state index is -3.03. The molecule has 0 saturated carbocycles. The predicted octanol–water partition coefficient (Wildman–Crippen LogP) is 4.41. The summed E-state index contributed by atoms with van der Waals surface area (Å²) in [6, 6.07) is 9.72. The van der Waals surface area contributed by atoms with Gasteiger partial charge in [-0.3, -0.25) is 0 Å². The van der Waals surface area contributed by atoms with E-state index in [0.717, 1.165) is 5.19 Å². The maximum atomic E-state index is 15.7. The second-order valence-corrected chi connectivity index (χ2v) is 11.4. The number of hydrogen-bond acceptors (Lipinski definition) is 0. The van der Waals surface area contributed by atoms with Crippen LogP contribution in [0.4, 0.5) is 4.11 Å². The van der Waals surface area contributed by atoms with E-state index in [1.807, 2.05) is 71.9 Å². The van der Waals surface area contributed by atoms with Gasteiger partial charge in [0, 0.05) is 0 Å². The molecule has 0 N–H and O–H groups in total. The smallest absolute Gasteiger partial charge is 0.288 e. The molecule has 0 atom stereocenters. The molecule has 1 rings (SSSR count). The van der Waals surface area contributed by atoms with Gasteiger partial charge in [0.2, 0.25) is 0 Å². The van der Waals surface area contributed by atoms with Gasteiger partial charge in [-0.25, -0.2) is 0 Å². The van der Waals surface area contributed by atoms with Crippen molar-refractivity contribution >= 4 is 13.6 Å². The van der Waals surface area contributed by atoms with Gasteiger partial charge < -0.3 is 4.11 Å². The summed E-state index contributed by atoms with van der Waals surface area (Å²) < 4.78 is 15.7.